The molecule has 26 heavy (non-hydrogen) atoms. The number of rotatable bonds is 8. The number of thiocarbonyl (C=S) groups is 1. The summed E-state index contributed by atoms with van der Waals surface area (Å²) in [6, 6.07) is 0. The Hall–Kier alpha value is -0.730. The molecule has 0 spiro atoms. The Morgan fingerprint density at radius 3 is 2.04 bits per heavy atom. The van der Waals surface area contributed by atoms with Crippen LogP contribution in [0.4, 0.5) is 0 Å². The molecule has 140 valence electrons. The fourth-order valence-corrected chi connectivity index (χ4v) is 1.79. The fraction of sp³-hybridized carbons (Fsp3) is 0.615. The number of likely N-dealkylation sites (N-methyl/N-ethyl adjacent to an activating group) is 2. The molecule has 3 N–H and O–H groups in total. The molecule has 0 bridgehead atoms. The largest absolute Gasteiger partial charge is 1.00 e. The summed E-state index contributed by atoms with van der Waals surface area (Å²) in [6.45, 7) is 2.85. The maximum absolute atomic E-state index is 8.75. The second-order valence-electron chi connectivity index (χ2n) is 5.05. The van der Waals surface area contributed by atoms with E-state index in [9.17, 15) is 0 Å². The second-order valence-corrected chi connectivity index (χ2v) is 6.08. The molecule has 2 aromatic rings. The first-order valence-electron chi connectivity index (χ1n) is 7.56. The number of nitrogens with one attached hydrogen (secondary N) is 1. The number of hydrogen-bond acceptors (Lipinski definition) is 9. The third-order valence-corrected chi connectivity index (χ3v) is 3.69. The summed E-state index contributed by atoms with van der Waals surface area (Å²) in [5.74, 6) is 0. The molecule has 10 nitrogen and oxygen atoms in total. The van der Waals surface area contributed by atoms with E-state index in [1.54, 1.807) is 26.7 Å². The van der Waals surface area contributed by atoms with Crippen LogP contribution in [0.5, 0.6) is 0 Å². The molecule has 0 radical (unpaired) electrons. The number of aliphatic hydroxyl groups is 2. The topological polar surface area (TPSA) is 117 Å². The van der Waals surface area contributed by atoms with Crippen LogP contribution in [-0.4, -0.2) is 76.6 Å². The molecule has 0 amide bonds. The predicted octanol–water partition coefficient (Wildman–Crippen LogP) is -4.47. The summed E-state index contributed by atoms with van der Waals surface area (Å²) in [4.78, 5) is 1.78. The van der Waals surface area contributed by atoms with Crippen molar-refractivity contribution in [1.82, 2.24) is 40.2 Å². The molecule has 0 saturated carbocycles. The molecule has 0 fully saturated rings. The zero-order chi connectivity index (χ0) is 18.7. The Bertz CT molecular complexity index is 639. The van der Waals surface area contributed by atoms with Gasteiger partial charge in [-0.25, -0.2) is 0 Å². The molecule has 0 aromatic carbocycles. The van der Waals surface area contributed by atoms with Crippen molar-refractivity contribution in [1.29, 1.82) is 0 Å². The van der Waals surface area contributed by atoms with Gasteiger partial charge in [0, 0.05) is 20.1 Å². The molecule has 0 saturated heterocycles. The van der Waals surface area contributed by atoms with Crippen molar-refractivity contribution in [2.75, 3.05) is 27.2 Å². The van der Waals surface area contributed by atoms with E-state index < -0.39 is 0 Å². The summed E-state index contributed by atoms with van der Waals surface area (Å²) in [6.07, 6.45) is 3.43. The summed E-state index contributed by atoms with van der Waals surface area (Å²) in [7, 11) is 3.71. The summed E-state index contributed by atoms with van der Waals surface area (Å²) in [5.41, 5.74) is 1.18. The predicted molar refractivity (Wildman–Crippen MR) is 98.4 cm³/mol. The van der Waals surface area contributed by atoms with Gasteiger partial charge in [-0.2, -0.15) is 0 Å². The van der Waals surface area contributed by atoms with Gasteiger partial charge in [0.05, 0.1) is 38.7 Å². The van der Waals surface area contributed by atoms with Crippen LogP contribution >= 0.6 is 12.2 Å². The van der Waals surface area contributed by atoms with E-state index in [2.05, 4.69) is 25.9 Å². The van der Waals surface area contributed by atoms with Gasteiger partial charge < -0.3 is 45.3 Å². The normalized spacial score (nSPS) is 9.85. The first-order chi connectivity index (χ1) is 12.0. The third-order valence-electron chi connectivity index (χ3n) is 3.06. The number of hydrogen-bond donors (Lipinski definition) is 3. The van der Waals surface area contributed by atoms with Gasteiger partial charge in [-0.3, -0.25) is 9.36 Å². The van der Waals surface area contributed by atoms with Gasteiger partial charge in [-0.1, -0.05) is 14.7 Å². The van der Waals surface area contributed by atoms with Gasteiger partial charge in [0.2, 0.25) is 0 Å². The number of nitrogens with zero attached hydrogens (tertiary/aromatic N) is 7. The second kappa shape index (κ2) is 14.3. The van der Waals surface area contributed by atoms with E-state index in [0.717, 1.165) is 13.1 Å². The molecular weight excluding hydrogens is 387 g/mol. The Balaban J connectivity index is 0.000000475. The quantitative estimate of drug-likeness (QED) is 0.223. The summed E-state index contributed by atoms with van der Waals surface area (Å²) >= 11 is 9.63. The van der Waals surface area contributed by atoms with Gasteiger partial charge in [0.15, 0.2) is 0 Å². The summed E-state index contributed by atoms with van der Waals surface area (Å²) in [5, 5.41) is 35.5. The third kappa shape index (κ3) is 9.83. The molecule has 13 heteroatoms. The minimum Gasteiger partial charge on any atom is -0.411 e. The van der Waals surface area contributed by atoms with Gasteiger partial charge >= 0.3 is 29.6 Å². The molecule has 2 rings (SSSR count). The van der Waals surface area contributed by atoms with Gasteiger partial charge in [-0.15, -0.1) is 10.2 Å². The molecule has 0 aliphatic rings. The van der Waals surface area contributed by atoms with Crippen LogP contribution in [0, 0.1) is 0 Å². The average molecular weight is 411 g/mol. The first kappa shape index (κ1) is 25.3. The Morgan fingerprint density at radius 2 is 1.65 bits per heavy atom. The smallest absolute Gasteiger partial charge is 0.411 e. The van der Waals surface area contributed by atoms with Crippen LogP contribution in [0.2, 0.25) is 0 Å². The summed E-state index contributed by atoms with van der Waals surface area (Å²) < 4.78 is 3.78. The zero-order valence-corrected chi connectivity index (χ0v) is 18.9. The number of aromatic nitrogens is 6. The SMILES string of the molecule is CN(CCn1cc(CO)nn1)C(=S)[S-].CNCCn1cc(CO)nn1.[Na+]. The van der Waals surface area contributed by atoms with E-state index in [4.69, 9.17) is 35.1 Å². The minimum absolute atomic E-state index is 0. The molecular formula is C13H23N8NaO2S2. The standard InChI is InChI=1S/C7H12N4OS2.C6H12N4O.Na/c1-10(7(13)14)2-3-11-4-6(5-12)8-9-11;1-7-2-3-10-4-6(5-11)8-9-10;/h4,12H,2-3,5H2,1H3,(H,13,14);4,7,11H,2-3,5H2,1H3;/q;;+1/p-1. The van der Waals surface area contributed by atoms with Crippen LogP contribution in [0.25, 0.3) is 0 Å². The Kier molecular flexibility index (Phi) is 13.9. The number of aliphatic hydroxyl groups excluding tert-OH is 2. The Morgan fingerprint density at radius 1 is 1.15 bits per heavy atom. The van der Waals surface area contributed by atoms with Crippen molar-refractivity contribution in [2.24, 2.45) is 0 Å². The van der Waals surface area contributed by atoms with Crippen LogP contribution in [0.15, 0.2) is 12.4 Å². The molecule has 0 unspecified atom stereocenters. The van der Waals surface area contributed by atoms with Crippen molar-refractivity contribution < 1.29 is 39.8 Å². The molecule has 0 atom stereocenters. The van der Waals surface area contributed by atoms with Gasteiger partial charge in [-0.05, 0) is 7.05 Å². The maximum Gasteiger partial charge on any atom is 1.00 e. The molecule has 2 heterocycles. The van der Waals surface area contributed by atoms with E-state index in [1.165, 1.54) is 0 Å². The van der Waals surface area contributed by atoms with Crippen molar-refractivity contribution in [2.45, 2.75) is 26.3 Å². The van der Waals surface area contributed by atoms with E-state index in [0.29, 0.717) is 28.8 Å². The van der Waals surface area contributed by atoms with Crippen LogP contribution in [0.1, 0.15) is 11.4 Å². The van der Waals surface area contributed by atoms with Gasteiger partial charge in [0.1, 0.15) is 11.4 Å². The van der Waals surface area contributed by atoms with Crippen LogP contribution in [0.3, 0.4) is 0 Å². The van der Waals surface area contributed by atoms with Crippen molar-refractivity contribution in [3.05, 3.63) is 23.8 Å². The van der Waals surface area contributed by atoms with Crippen LogP contribution in [-0.2, 0) is 38.9 Å². The van der Waals surface area contributed by atoms with Crippen molar-refractivity contribution >= 4 is 29.2 Å². The van der Waals surface area contributed by atoms with E-state index >= 15 is 0 Å². The molecule has 0 aliphatic carbocycles. The zero-order valence-electron chi connectivity index (χ0n) is 15.2. The average Bonchev–Trinajstić information content (AvgIpc) is 3.27. The molecule has 2 aromatic heterocycles. The fourth-order valence-electron chi connectivity index (χ4n) is 1.61. The maximum atomic E-state index is 8.75. The van der Waals surface area contributed by atoms with Crippen LogP contribution < -0.4 is 34.9 Å². The van der Waals surface area contributed by atoms with Crippen molar-refractivity contribution in [3.8, 4) is 0 Å². The monoisotopic (exact) mass is 410 g/mol. The first-order valence-corrected chi connectivity index (χ1v) is 8.38. The van der Waals surface area contributed by atoms with Crippen molar-refractivity contribution in [3.63, 3.8) is 0 Å². The molecule has 0 aliphatic heterocycles. The van der Waals surface area contributed by atoms with E-state index in [-0.39, 0.29) is 42.8 Å². The minimum atomic E-state index is -0.0880. The van der Waals surface area contributed by atoms with E-state index in [1.807, 2.05) is 14.1 Å². The Labute approximate surface area is 185 Å². The van der Waals surface area contributed by atoms with Gasteiger partial charge in [0.25, 0.3) is 0 Å².